The van der Waals surface area contributed by atoms with Crippen LogP contribution in [0.1, 0.15) is 22.4 Å². The maximum absolute atomic E-state index is 12.8. The minimum absolute atomic E-state index is 0.332. The summed E-state index contributed by atoms with van der Waals surface area (Å²) in [4.78, 5) is 42.0. The summed E-state index contributed by atoms with van der Waals surface area (Å²) in [6.07, 6.45) is 0. The Morgan fingerprint density at radius 2 is 1.78 bits per heavy atom. The number of carbonyl (C=O) groups excluding carboxylic acids is 1. The van der Waals surface area contributed by atoms with Crippen LogP contribution in [0.5, 0.6) is 0 Å². The van der Waals surface area contributed by atoms with E-state index in [2.05, 4.69) is 10.3 Å². The molecule has 27 heavy (non-hydrogen) atoms. The highest BCUT2D eigenvalue weighted by molar-refractivity contribution is 5.79. The Labute approximate surface area is 156 Å². The lowest BCUT2D eigenvalue weighted by Crippen LogP contribution is -2.43. The fraction of sp³-hybridized carbons (Fsp3) is 0.300. The lowest BCUT2D eigenvalue weighted by Gasteiger charge is -2.12. The number of amides is 1. The molecule has 0 aliphatic heterocycles. The molecule has 0 radical (unpaired) electrons. The second kappa shape index (κ2) is 7.19. The molecule has 7 nitrogen and oxygen atoms in total. The van der Waals surface area contributed by atoms with Gasteiger partial charge < -0.3 is 5.32 Å². The molecular formula is C20H22N4O3. The zero-order valence-corrected chi connectivity index (χ0v) is 15.9. The van der Waals surface area contributed by atoms with Crippen molar-refractivity contribution in [1.29, 1.82) is 0 Å². The molecule has 0 atom stereocenters. The molecule has 7 heteroatoms. The molecule has 0 saturated carbocycles. The first-order valence-corrected chi connectivity index (χ1v) is 8.68. The highest BCUT2D eigenvalue weighted by Gasteiger charge is 2.16. The molecule has 0 saturated heterocycles. The van der Waals surface area contributed by atoms with Gasteiger partial charge in [-0.2, -0.15) is 0 Å². The van der Waals surface area contributed by atoms with Crippen molar-refractivity contribution in [3.8, 4) is 0 Å². The van der Waals surface area contributed by atoms with Crippen molar-refractivity contribution >= 4 is 16.9 Å². The Bertz CT molecular complexity index is 1140. The molecule has 1 N–H and O–H groups in total. The fourth-order valence-electron chi connectivity index (χ4n) is 3.06. The molecule has 2 aromatic heterocycles. The van der Waals surface area contributed by atoms with Crippen LogP contribution in [0.2, 0.25) is 0 Å². The van der Waals surface area contributed by atoms with Gasteiger partial charge in [0, 0.05) is 19.3 Å². The molecule has 0 bridgehead atoms. The number of carbonyl (C=O) groups is 1. The van der Waals surface area contributed by atoms with E-state index in [0.717, 1.165) is 27.0 Å². The number of hydrogen-bond acceptors (Lipinski definition) is 4. The van der Waals surface area contributed by atoms with Crippen LogP contribution in [-0.4, -0.2) is 20.0 Å². The van der Waals surface area contributed by atoms with Crippen LogP contribution in [0.25, 0.3) is 11.0 Å². The summed E-state index contributed by atoms with van der Waals surface area (Å²) in [5, 5.41) is 3.11. The number of aromatic nitrogens is 3. The summed E-state index contributed by atoms with van der Waals surface area (Å²) in [7, 11) is 1.55. The van der Waals surface area contributed by atoms with Crippen LogP contribution >= 0.6 is 0 Å². The van der Waals surface area contributed by atoms with Crippen LogP contribution in [0, 0.1) is 20.8 Å². The predicted molar refractivity (Wildman–Crippen MR) is 104 cm³/mol. The molecule has 0 spiro atoms. The standard InChI is InChI=1S/C20H22N4O3/c1-12-5-7-15(8-6-12)10-21-16(25)11-24-19(26)17-13(2)9-14(3)22-18(17)23(4)20(24)27/h5-9H,10-11H2,1-4H3,(H,21,25). The number of benzene rings is 1. The topological polar surface area (TPSA) is 86.0 Å². The van der Waals surface area contributed by atoms with Gasteiger partial charge in [-0.15, -0.1) is 0 Å². The fourth-order valence-corrected chi connectivity index (χ4v) is 3.06. The predicted octanol–water partition coefficient (Wildman–Crippen LogP) is 1.34. The smallest absolute Gasteiger partial charge is 0.332 e. The summed E-state index contributed by atoms with van der Waals surface area (Å²) in [6, 6.07) is 9.56. The molecule has 0 aliphatic carbocycles. The number of aryl methyl sites for hydroxylation is 4. The third-order valence-corrected chi connectivity index (χ3v) is 4.53. The van der Waals surface area contributed by atoms with Crippen molar-refractivity contribution in [2.45, 2.75) is 33.9 Å². The molecule has 0 unspecified atom stereocenters. The summed E-state index contributed by atoms with van der Waals surface area (Å²) in [5.41, 5.74) is 2.81. The first-order chi connectivity index (χ1) is 12.8. The maximum Gasteiger partial charge on any atom is 0.332 e. The van der Waals surface area contributed by atoms with Gasteiger partial charge in [0.1, 0.15) is 12.2 Å². The Balaban J connectivity index is 1.90. The first kappa shape index (κ1) is 18.6. The zero-order chi connectivity index (χ0) is 19.7. The molecule has 140 valence electrons. The minimum Gasteiger partial charge on any atom is -0.350 e. The third-order valence-electron chi connectivity index (χ3n) is 4.53. The van der Waals surface area contributed by atoms with E-state index in [1.165, 1.54) is 4.57 Å². The van der Waals surface area contributed by atoms with Gasteiger partial charge in [0.05, 0.1) is 5.39 Å². The summed E-state index contributed by atoms with van der Waals surface area (Å²) >= 11 is 0. The number of hydrogen-bond donors (Lipinski definition) is 1. The quantitative estimate of drug-likeness (QED) is 0.755. The van der Waals surface area contributed by atoms with E-state index in [-0.39, 0.29) is 6.54 Å². The highest BCUT2D eigenvalue weighted by atomic mass is 16.2. The van der Waals surface area contributed by atoms with Crippen LogP contribution in [-0.2, 0) is 24.9 Å². The highest BCUT2D eigenvalue weighted by Crippen LogP contribution is 2.11. The zero-order valence-electron chi connectivity index (χ0n) is 15.9. The monoisotopic (exact) mass is 366 g/mol. The van der Waals surface area contributed by atoms with Gasteiger partial charge in [0.15, 0.2) is 0 Å². The Kier molecular flexibility index (Phi) is 4.94. The maximum atomic E-state index is 12.8. The summed E-state index contributed by atoms with van der Waals surface area (Å²) in [5.74, 6) is -0.396. The molecule has 2 heterocycles. The number of nitrogens with zero attached hydrogens (tertiary/aromatic N) is 3. The van der Waals surface area contributed by atoms with Crippen molar-refractivity contribution in [3.05, 3.63) is 73.6 Å². The number of rotatable bonds is 4. The molecule has 3 aromatic rings. The summed E-state index contributed by atoms with van der Waals surface area (Å²) in [6.45, 7) is 5.59. The van der Waals surface area contributed by atoms with Gasteiger partial charge in [-0.25, -0.2) is 9.78 Å². The van der Waals surface area contributed by atoms with Gasteiger partial charge in [0.2, 0.25) is 5.91 Å². The lowest BCUT2D eigenvalue weighted by molar-refractivity contribution is -0.121. The molecular weight excluding hydrogens is 344 g/mol. The van der Waals surface area contributed by atoms with E-state index in [1.54, 1.807) is 27.0 Å². The Morgan fingerprint density at radius 3 is 2.44 bits per heavy atom. The van der Waals surface area contributed by atoms with E-state index in [4.69, 9.17) is 0 Å². The molecule has 0 aliphatic rings. The Hall–Kier alpha value is -3.22. The molecule has 0 fully saturated rings. The van der Waals surface area contributed by atoms with Gasteiger partial charge >= 0.3 is 5.69 Å². The number of pyridine rings is 1. The van der Waals surface area contributed by atoms with Gasteiger partial charge in [-0.3, -0.25) is 18.7 Å². The van der Waals surface area contributed by atoms with Gasteiger partial charge in [-0.05, 0) is 38.0 Å². The number of fused-ring (bicyclic) bond motifs is 1. The minimum atomic E-state index is -0.560. The van der Waals surface area contributed by atoms with Crippen LogP contribution in [0.4, 0.5) is 0 Å². The van der Waals surface area contributed by atoms with Crippen molar-refractivity contribution in [2.24, 2.45) is 7.05 Å². The van der Waals surface area contributed by atoms with E-state index >= 15 is 0 Å². The molecule has 3 rings (SSSR count). The average molecular weight is 366 g/mol. The first-order valence-electron chi connectivity index (χ1n) is 8.68. The molecule has 1 aromatic carbocycles. The third kappa shape index (κ3) is 3.67. The van der Waals surface area contributed by atoms with Crippen molar-refractivity contribution < 1.29 is 4.79 Å². The average Bonchev–Trinajstić information content (AvgIpc) is 2.62. The van der Waals surface area contributed by atoms with Crippen LogP contribution < -0.4 is 16.6 Å². The van der Waals surface area contributed by atoms with E-state index in [1.807, 2.05) is 31.2 Å². The number of nitrogens with one attached hydrogen (secondary N) is 1. The summed E-state index contributed by atoms with van der Waals surface area (Å²) < 4.78 is 2.26. The van der Waals surface area contributed by atoms with Crippen LogP contribution in [0.15, 0.2) is 39.9 Å². The lowest BCUT2D eigenvalue weighted by atomic mass is 10.1. The van der Waals surface area contributed by atoms with E-state index in [0.29, 0.717) is 17.6 Å². The Morgan fingerprint density at radius 1 is 1.11 bits per heavy atom. The van der Waals surface area contributed by atoms with Gasteiger partial charge in [0.25, 0.3) is 5.56 Å². The van der Waals surface area contributed by atoms with E-state index in [9.17, 15) is 14.4 Å². The van der Waals surface area contributed by atoms with Crippen LogP contribution in [0.3, 0.4) is 0 Å². The van der Waals surface area contributed by atoms with E-state index < -0.39 is 17.2 Å². The SMILES string of the molecule is Cc1ccc(CNC(=O)Cn2c(=O)c3c(C)cc(C)nc3n(C)c2=O)cc1. The largest absolute Gasteiger partial charge is 0.350 e. The van der Waals surface area contributed by atoms with Crippen molar-refractivity contribution in [2.75, 3.05) is 0 Å². The second-order valence-corrected chi connectivity index (χ2v) is 6.77. The molecule has 1 amide bonds. The normalized spacial score (nSPS) is 11.0. The van der Waals surface area contributed by atoms with Crippen molar-refractivity contribution in [1.82, 2.24) is 19.4 Å². The van der Waals surface area contributed by atoms with Crippen molar-refractivity contribution in [3.63, 3.8) is 0 Å². The van der Waals surface area contributed by atoms with Gasteiger partial charge in [-0.1, -0.05) is 29.8 Å². The second-order valence-electron chi connectivity index (χ2n) is 6.77.